The molecule has 2 rings (SSSR count). The lowest BCUT2D eigenvalue weighted by molar-refractivity contribution is -0.108. The molecule has 0 heterocycles. The summed E-state index contributed by atoms with van der Waals surface area (Å²) < 4.78 is 0. The van der Waals surface area contributed by atoms with Crippen molar-refractivity contribution in [1.29, 1.82) is 0 Å². The molecule has 0 fully saturated rings. The van der Waals surface area contributed by atoms with Crippen LogP contribution in [0.2, 0.25) is 0 Å². The Morgan fingerprint density at radius 2 is 1.06 bits per heavy atom. The number of hydrogen-bond donors (Lipinski definition) is 0. The van der Waals surface area contributed by atoms with Crippen molar-refractivity contribution in [3.8, 4) is 0 Å². The van der Waals surface area contributed by atoms with Crippen LogP contribution in [0.15, 0.2) is 36.4 Å². The van der Waals surface area contributed by atoms with E-state index in [2.05, 4.69) is 51.2 Å². The fourth-order valence-corrected chi connectivity index (χ4v) is 3.67. The molecule has 2 amide bonds. The fourth-order valence-electron chi connectivity index (χ4n) is 3.67. The monoisotopic (exact) mass is 458 g/mol. The highest BCUT2D eigenvalue weighted by Gasteiger charge is 2.19. The van der Waals surface area contributed by atoms with Gasteiger partial charge in [-0.3, -0.25) is 9.59 Å². The maximum Gasteiger partial charge on any atom is 0.213 e. The van der Waals surface area contributed by atoms with Crippen LogP contribution in [-0.4, -0.2) is 25.9 Å². The SMILES string of the molecule is [C-]#[N+]c1cc(C(C)(C)C)ccc1N(C=O)CCCCN(C=O)c1ccc(C(C)(C)C)cc1[N+]#[C-]. The molecule has 0 saturated heterocycles. The summed E-state index contributed by atoms with van der Waals surface area (Å²) in [5, 5.41) is 0. The van der Waals surface area contributed by atoms with Gasteiger partial charge in [0.15, 0.2) is 0 Å². The van der Waals surface area contributed by atoms with E-state index in [4.69, 9.17) is 13.1 Å². The third-order valence-corrected chi connectivity index (χ3v) is 5.85. The number of anilines is 2. The van der Waals surface area contributed by atoms with Crippen LogP contribution >= 0.6 is 0 Å². The van der Waals surface area contributed by atoms with E-state index in [1.54, 1.807) is 9.80 Å². The van der Waals surface area contributed by atoms with Gasteiger partial charge in [0.2, 0.25) is 24.2 Å². The molecule has 0 unspecified atom stereocenters. The quantitative estimate of drug-likeness (QED) is 0.236. The molecule has 0 saturated carbocycles. The van der Waals surface area contributed by atoms with Crippen molar-refractivity contribution in [2.75, 3.05) is 22.9 Å². The zero-order valence-corrected chi connectivity index (χ0v) is 21.1. The van der Waals surface area contributed by atoms with Gasteiger partial charge in [-0.05, 0) is 35.8 Å². The second kappa shape index (κ2) is 11.0. The summed E-state index contributed by atoms with van der Waals surface area (Å²) in [6.45, 7) is 28.5. The predicted octanol–water partition coefficient (Wildman–Crippen LogP) is 6.79. The van der Waals surface area contributed by atoms with Crippen LogP contribution in [0.5, 0.6) is 0 Å². The van der Waals surface area contributed by atoms with Gasteiger partial charge in [-0.25, -0.2) is 9.69 Å². The van der Waals surface area contributed by atoms with Crippen molar-refractivity contribution in [3.05, 3.63) is 70.4 Å². The molecule has 34 heavy (non-hydrogen) atoms. The molecule has 2 aromatic carbocycles. The van der Waals surface area contributed by atoms with E-state index in [9.17, 15) is 9.59 Å². The maximum atomic E-state index is 11.8. The van der Waals surface area contributed by atoms with Crippen LogP contribution in [0.4, 0.5) is 22.7 Å². The van der Waals surface area contributed by atoms with Gasteiger partial charge in [0.05, 0.1) is 13.1 Å². The Bertz CT molecular complexity index is 1020. The largest absolute Gasteiger partial charge is 0.325 e. The molecule has 178 valence electrons. The minimum Gasteiger partial charge on any atom is -0.325 e. The number of hydrogen-bond acceptors (Lipinski definition) is 2. The highest BCUT2D eigenvalue weighted by molar-refractivity contribution is 5.85. The third kappa shape index (κ3) is 6.45. The first-order valence-corrected chi connectivity index (χ1v) is 11.4. The van der Waals surface area contributed by atoms with E-state index in [-0.39, 0.29) is 10.8 Å². The molecule has 6 heteroatoms. The van der Waals surface area contributed by atoms with Gasteiger partial charge in [0.25, 0.3) is 0 Å². The molecule has 6 nitrogen and oxygen atoms in total. The third-order valence-electron chi connectivity index (χ3n) is 5.85. The predicted molar refractivity (Wildman–Crippen MR) is 139 cm³/mol. The van der Waals surface area contributed by atoms with E-state index in [0.29, 0.717) is 48.7 Å². The van der Waals surface area contributed by atoms with Crippen molar-refractivity contribution in [2.24, 2.45) is 0 Å². The van der Waals surface area contributed by atoms with Crippen LogP contribution < -0.4 is 9.80 Å². The Hall–Kier alpha value is -3.64. The summed E-state index contributed by atoms with van der Waals surface area (Å²) in [6.07, 6.45) is 2.80. The standard InChI is InChI=1S/C28H34N4O2/c1-27(2,3)21-11-13-25(23(17-21)29-7)31(19-33)15-9-10-16-32(20-34)26-14-12-22(28(4,5)6)18-24(26)30-8/h11-14,17-20H,9-10,15-16H2,1-6H3. The van der Waals surface area contributed by atoms with Crippen LogP contribution in [0.25, 0.3) is 9.69 Å². The Morgan fingerprint density at radius 1 is 0.706 bits per heavy atom. The minimum atomic E-state index is -0.0858. The van der Waals surface area contributed by atoms with E-state index >= 15 is 0 Å². The summed E-state index contributed by atoms with van der Waals surface area (Å²) in [6, 6.07) is 11.3. The van der Waals surface area contributed by atoms with Gasteiger partial charge in [0.1, 0.15) is 0 Å². The van der Waals surface area contributed by atoms with Crippen molar-refractivity contribution < 1.29 is 9.59 Å². The van der Waals surface area contributed by atoms with Crippen LogP contribution in [0.3, 0.4) is 0 Å². The fraction of sp³-hybridized carbons (Fsp3) is 0.429. The van der Waals surface area contributed by atoms with Crippen LogP contribution in [-0.2, 0) is 20.4 Å². The van der Waals surface area contributed by atoms with E-state index in [0.717, 1.165) is 23.9 Å². The van der Waals surface area contributed by atoms with Crippen molar-refractivity contribution >= 4 is 35.6 Å². The Labute approximate surface area is 203 Å². The van der Waals surface area contributed by atoms with Gasteiger partial charge in [-0.2, -0.15) is 0 Å². The lowest BCUT2D eigenvalue weighted by atomic mass is 9.86. The van der Waals surface area contributed by atoms with Crippen molar-refractivity contribution in [2.45, 2.75) is 65.2 Å². The second-order valence-corrected chi connectivity index (χ2v) is 10.4. The number of carbonyl (C=O) groups is 2. The maximum absolute atomic E-state index is 11.8. The summed E-state index contributed by atoms with van der Waals surface area (Å²) in [5.74, 6) is 0. The minimum absolute atomic E-state index is 0.0858. The number of carbonyl (C=O) groups excluding carboxylic acids is 2. The molecule has 0 radical (unpaired) electrons. The second-order valence-electron chi connectivity index (χ2n) is 10.4. The van der Waals surface area contributed by atoms with Gasteiger partial charge in [0, 0.05) is 24.5 Å². The molecule has 0 aliphatic heterocycles. The summed E-state index contributed by atoms with van der Waals surface area (Å²) in [5.41, 5.74) is 4.02. The smallest absolute Gasteiger partial charge is 0.213 e. The van der Waals surface area contributed by atoms with E-state index < -0.39 is 0 Å². The number of amides is 2. The molecule has 0 N–H and O–H groups in total. The van der Waals surface area contributed by atoms with Gasteiger partial charge in [-0.1, -0.05) is 76.9 Å². The molecule has 0 bridgehead atoms. The Kier molecular flexibility index (Phi) is 8.60. The average molecular weight is 459 g/mol. The first-order valence-electron chi connectivity index (χ1n) is 11.4. The van der Waals surface area contributed by atoms with Gasteiger partial charge >= 0.3 is 0 Å². The highest BCUT2D eigenvalue weighted by atomic mass is 16.1. The summed E-state index contributed by atoms with van der Waals surface area (Å²) >= 11 is 0. The molecule has 0 atom stereocenters. The molecule has 0 aromatic heterocycles. The molecule has 0 aliphatic rings. The topological polar surface area (TPSA) is 49.3 Å². The van der Waals surface area contributed by atoms with E-state index in [1.807, 2.05) is 36.4 Å². The van der Waals surface area contributed by atoms with Crippen LogP contribution in [0.1, 0.15) is 65.5 Å². The lowest BCUT2D eigenvalue weighted by Crippen LogP contribution is -2.26. The van der Waals surface area contributed by atoms with Crippen molar-refractivity contribution in [1.82, 2.24) is 0 Å². The van der Waals surface area contributed by atoms with Gasteiger partial charge in [-0.15, -0.1) is 0 Å². The summed E-state index contributed by atoms with van der Waals surface area (Å²) in [7, 11) is 0. The zero-order valence-electron chi connectivity index (χ0n) is 21.1. The Balaban J connectivity index is 2.09. The lowest BCUT2D eigenvalue weighted by Gasteiger charge is -2.25. The Morgan fingerprint density at radius 3 is 1.32 bits per heavy atom. The molecule has 0 aliphatic carbocycles. The van der Waals surface area contributed by atoms with E-state index in [1.165, 1.54) is 0 Å². The average Bonchev–Trinajstić information content (AvgIpc) is 2.79. The number of nitrogens with zero attached hydrogens (tertiary/aromatic N) is 4. The summed E-state index contributed by atoms with van der Waals surface area (Å²) in [4.78, 5) is 33.9. The normalized spacial score (nSPS) is 11.3. The number of rotatable bonds is 9. The number of unbranched alkanes of at least 4 members (excludes halogenated alkanes) is 1. The first kappa shape index (κ1) is 26.6. The van der Waals surface area contributed by atoms with Gasteiger partial charge < -0.3 is 9.80 Å². The molecule has 0 spiro atoms. The zero-order chi connectivity index (χ0) is 25.5. The highest BCUT2D eigenvalue weighted by Crippen LogP contribution is 2.35. The van der Waals surface area contributed by atoms with Crippen LogP contribution in [0, 0.1) is 13.1 Å². The van der Waals surface area contributed by atoms with Crippen molar-refractivity contribution in [3.63, 3.8) is 0 Å². The molecule has 2 aromatic rings. The number of benzene rings is 2. The first-order chi connectivity index (χ1) is 16.0. The molecular weight excluding hydrogens is 424 g/mol. The molecular formula is C28H34N4O2.